The van der Waals surface area contributed by atoms with Crippen LogP contribution in [0.1, 0.15) is 16.1 Å². The predicted octanol–water partition coefficient (Wildman–Crippen LogP) is 4.25. The molecule has 2 aromatic rings. The summed E-state index contributed by atoms with van der Waals surface area (Å²) in [5.74, 6) is -0.716. The molecule has 0 aliphatic rings. The minimum Gasteiger partial charge on any atom is -0.372 e. The maximum Gasteiger partial charge on any atom is 0.411 e. The molecule has 0 bridgehead atoms. The average Bonchev–Trinajstić information content (AvgIpc) is 2.99. The Morgan fingerprint density at radius 1 is 1.17 bits per heavy atom. The van der Waals surface area contributed by atoms with Gasteiger partial charge in [-0.3, -0.25) is 4.79 Å². The molecule has 0 unspecified atom stereocenters. The Hall–Kier alpha value is -1.93. The molecule has 130 valence electrons. The molecule has 0 saturated heterocycles. The Morgan fingerprint density at radius 3 is 2.62 bits per heavy atom. The van der Waals surface area contributed by atoms with Crippen LogP contribution in [0.3, 0.4) is 0 Å². The van der Waals surface area contributed by atoms with Crippen LogP contribution in [0.2, 0.25) is 0 Å². The second-order valence-corrected chi connectivity index (χ2v) is 6.00. The molecular formula is C16H15F4NO2S. The van der Waals surface area contributed by atoms with E-state index in [0.717, 1.165) is 11.3 Å². The first-order valence-corrected chi connectivity index (χ1v) is 7.96. The summed E-state index contributed by atoms with van der Waals surface area (Å²) in [5, 5.41) is 2.59. The number of hydrogen-bond donors (Lipinski definition) is 1. The van der Waals surface area contributed by atoms with Gasteiger partial charge in [0, 0.05) is 23.6 Å². The summed E-state index contributed by atoms with van der Waals surface area (Å²) in [4.78, 5) is 13.0. The lowest BCUT2D eigenvalue weighted by molar-refractivity contribution is -0.173. The van der Waals surface area contributed by atoms with Crippen molar-refractivity contribution in [2.24, 2.45) is 0 Å². The Labute approximate surface area is 140 Å². The number of halogens is 4. The van der Waals surface area contributed by atoms with Crippen LogP contribution in [-0.2, 0) is 4.74 Å². The molecule has 0 aliphatic carbocycles. The van der Waals surface area contributed by atoms with Crippen molar-refractivity contribution in [2.45, 2.75) is 12.6 Å². The first-order valence-electron chi connectivity index (χ1n) is 7.14. The quantitative estimate of drug-likeness (QED) is 0.591. The summed E-state index contributed by atoms with van der Waals surface area (Å²) in [6.07, 6.45) is -4.07. The van der Waals surface area contributed by atoms with Crippen molar-refractivity contribution in [2.75, 3.05) is 19.8 Å². The van der Waals surface area contributed by atoms with Crippen molar-refractivity contribution in [3.05, 3.63) is 47.1 Å². The zero-order valence-electron chi connectivity index (χ0n) is 12.5. The van der Waals surface area contributed by atoms with Crippen LogP contribution >= 0.6 is 11.3 Å². The van der Waals surface area contributed by atoms with Crippen LogP contribution in [0.25, 0.3) is 10.4 Å². The van der Waals surface area contributed by atoms with Crippen molar-refractivity contribution in [3.63, 3.8) is 0 Å². The summed E-state index contributed by atoms with van der Waals surface area (Å²) in [6, 6.07) is 9.50. The number of rotatable bonds is 7. The van der Waals surface area contributed by atoms with Crippen molar-refractivity contribution < 1.29 is 27.1 Å². The summed E-state index contributed by atoms with van der Waals surface area (Å²) in [7, 11) is 0. The highest BCUT2D eigenvalue weighted by Gasteiger charge is 2.27. The molecule has 8 heteroatoms. The fourth-order valence-corrected chi connectivity index (χ4v) is 2.87. The molecular weight excluding hydrogens is 346 g/mol. The minimum absolute atomic E-state index is 0.0926. The molecule has 1 N–H and O–H groups in total. The first kappa shape index (κ1) is 18.4. The minimum atomic E-state index is -4.34. The highest BCUT2D eigenvalue weighted by Crippen LogP contribution is 2.29. The number of hydrogen-bond acceptors (Lipinski definition) is 3. The Balaban J connectivity index is 1.79. The van der Waals surface area contributed by atoms with Gasteiger partial charge >= 0.3 is 6.18 Å². The molecule has 0 atom stereocenters. The smallest absolute Gasteiger partial charge is 0.372 e. The van der Waals surface area contributed by atoms with Crippen molar-refractivity contribution in [1.29, 1.82) is 0 Å². The Morgan fingerprint density at radius 2 is 1.92 bits per heavy atom. The molecule has 2 rings (SSSR count). The topological polar surface area (TPSA) is 38.3 Å². The zero-order chi connectivity index (χ0) is 17.6. The first-order chi connectivity index (χ1) is 11.4. The van der Waals surface area contributed by atoms with Gasteiger partial charge in [-0.2, -0.15) is 13.2 Å². The molecule has 3 nitrogen and oxygen atoms in total. The number of ether oxygens (including phenoxy) is 1. The van der Waals surface area contributed by atoms with E-state index in [1.54, 1.807) is 30.3 Å². The molecule has 0 radical (unpaired) electrons. The third kappa shape index (κ3) is 5.61. The molecule has 1 aromatic heterocycles. The van der Waals surface area contributed by atoms with Crippen molar-refractivity contribution in [1.82, 2.24) is 5.32 Å². The van der Waals surface area contributed by atoms with Gasteiger partial charge in [-0.15, -0.1) is 11.3 Å². The number of nitrogens with one attached hydrogen (secondary N) is 1. The lowest BCUT2D eigenvalue weighted by Gasteiger charge is -2.07. The number of amides is 1. The van der Waals surface area contributed by atoms with E-state index in [4.69, 9.17) is 0 Å². The van der Waals surface area contributed by atoms with Gasteiger partial charge in [-0.25, -0.2) is 4.39 Å². The third-order valence-corrected chi connectivity index (χ3v) is 4.10. The lowest BCUT2D eigenvalue weighted by Crippen LogP contribution is -2.25. The van der Waals surface area contributed by atoms with E-state index in [0.29, 0.717) is 15.3 Å². The van der Waals surface area contributed by atoms with Gasteiger partial charge < -0.3 is 10.1 Å². The summed E-state index contributed by atoms with van der Waals surface area (Å²) in [6.45, 7) is -1.19. The van der Waals surface area contributed by atoms with Crippen LogP contribution in [-0.4, -0.2) is 31.8 Å². The number of thiophene rings is 1. The summed E-state index contributed by atoms with van der Waals surface area (Å²) < 4.78 is 53.7. The fraction of sp³-hybridized carbons (Fsp3) is 0.312. The van der Waals surface area contributed by atoms with Gasteiger partial charge in [0.15, 0.2) is 0 Å². The molecule has 1 aromatic carbocycles. The third-order valence-electron chi connectivity index (χ3n) is 2.99. The largest absolute Gasteiger partial charge is 0.411 e. The van der Waals surface area contributed by atoms with Gasteiger partial charge in [0.05, 0.1) is 4.88 Å². The van der Waals surface area contributed by atoms with Crippen LogP contribution in [0.5, 0.6) is 0 Å². The van der Waals surface area contributed by atoms with Crippen molar-refractivity contribution in [3.8, 4) is 10.4 Å². The van der Waals surface area contributed by atoms with Crippen molar-refractivity contribution >= 4 is 17.2 Å². The number of carbonyl (C=O) groups excluding carboxylic acids is 1. The SMILES string of the molecule is O=C(NCCCOCC(F)(F)F)c1ccc(-c2ccccc2F)s1. The fourth-order valence-electron chi connectivity index (χ4n) is 1.92. The van der Waals surface area contributed by atoms with E-state index in [2.05, 4.69) is 10.1 Å². The lowest BCUT2D eigenvalue weighted by atomic mass is 10.2. The average molecular weight is 361 g/mol. The molecule has 1 heterocycles. The van der Waals surface area contributed by atoms with Crippen LogP contribution < -0.4 is 5.32 Å². The predicted molar refractivity (Wildman–Crippen MR) is 83.5 cm³/mol. The van der Waals surface area contributed by atoms with Gasteiger partial charge in [0.1, 0.15) is 12.4 Å². The van der Waals surface area contributed by atoms with Crippen LogP contribution in [0.15, 0.2) is 36.4 Å². The maximum absolute atomic E-state index is 13.7. The van der Waals surface area contributed by atoms with E-state index in [-0.39, 0.29) is 31.3 Å². The van der Waals surface area contributed by atoms with E-state index in [9.17, 15) is 22.4 Å². The number of alkyl halides is 3. The molecule has 0 fully saturated rings. The van der Waals surface area contributed by atoms with Gasteiger partial charge in [-0.05, 0) is 24.6 Å². The second kappa shape index (κ2) is 8.25. The normalized spacial score (nSPS) is 11.5. The molecule has 24 heavy (non-hydrogen) atoms. The molecule has 1 amide bonds. The number of carbonyl (C=O) groups is 1. The van der Waals surface area contributed by atoms with E-state index in [1.807, 2.05) is 0 Å². The van der Waals surface area contributed by atoms with E-state index < -0.39 is 12.8 Å². The second-order valence-electron chi connectivity index (χ2n) is 4.92. The highest BCUT2D eigenvalue weighted by molar-refractivity contribution is 7.17. The van der Waals surface area contributed by atoms with E-state index >= 15 is 0 Å². The standard InChI is InChI=1S/C16H15F4NO2S/c17-12-5-2-1-4-11(12)13-6-7-14(24-13)15(22)21-8-3-9-23-10-16(18,19)20/h1-2,4-7H,3,8-10H2,(H,21,22). The maximum atomic E-state index is 13.7. The Kier molecular flexibility index (Phi) is 6.33. The van der Waals surface area contributed by atoms with Gasteiger partial charge in [-0.1, -0.05) is 18.2 Å². The molecule has 0 spiro atoms. The Bertz CT molecular complexity index is 685. The summed E-state index contributed by atoms with van der Waals surface area (Å²) in [5.41, 5.74) is 0.419. The number of benzene rings is 1. The summed E-state index contributed by atoms with van der Waals surface area (Å²) >= 11 is 1.15. The van der Waals surface area contributed by atoms with Gasteiger partial charge in [0.2, 0.25) is 0 Å². The van der Waals surface area contributed by atoms with Gasteiger partial charge in [0.25, 0.3) is 5.91 Å². The molecule has 0 aliphatic heterocycles. The van der Waals surface area contributed by atoms with Crippen LogP contribution in [0, 0.1) is 5.82 Å². The zero-order valence-corrected chi connectivity index (χ0v) is 13.3. The van der Waals surface area contributed by atoms with Crippen LogP contribution in [0.4, 0.5) is 17.6 Å². The molecule has 0 saturated carbocycles. The van der Waals surface area contributed by atoms with E-state index in [1.165, 1.54) is 6.07 Å². The highest BCUT2D eigenvalue weighted by atomic mass is 32.1. The monoisotopic (exact) mass is 361 g/mol.